The fourth-order valence-corrected chi connectivity index (χ4v) is 5.43. The Hall–Kier alpha value is -4.78. The van der Waals surface area contributed by atoms with E-state index in [1.807, 2.05) is 0 Å². The quantitative estimate of drug-likeness (QED) is 0.192. The number of alkyl halides is 1. The summed E-state index contributed by atoms with van der Waals surface area (Å²) in [7, 11) is -3.72. The smallest absolute Gasteiger partial charge is 0.232 e. The minimum absolute atomic E-state index is 0.100. The number of nitrogen functional groups attached to an aromatic ring is 1. The Morgan fingerprint density at radius 1 is 1.10 bits per heavy atom. The first-order chi connectivity index (χ1) is 19.5. The Balaban J connectivity index is 1.38. The van der Waals surface area contributed by atoms with E-state index in [4.69, 9.17) is 10.5 Å². The molecule has 0 fully saturated rings. The van der Waals surface area contributed by atoms with Gasteiger partial charge in [-0.1, -0.05) is 0 Å². The second kappa shape index (κ2) is 11.0. The average molecular weight is 581 g/mol. The number of nitrogens with one attached hydrogen (secondary N) is 2. The number of aromatic nitrogens is 4. The second-order valence-corrected chi connectivity index (χ2v) is 11.3. The predicted octanol–water partition coefficient (Wildman–Crippen LogP) is 5.21. The number of carbonyl (C=O) groups excluding carboxylic acids is 1. The summed E-state index contributed by atoms with van der Waals surface area (Å²) in [6.07, 6.45) is 2.77. The number of ketones is 1. The van der Waals surface area contributed by atoms with E-state index in [1.54, 1.807) is 38.1 Å². The molecule has 0 radical (unpaired) electrons. The zero-order chi connectivity index (χ0) is 29.3. The van der Waals surface area contributed by atoms with Crippen molar-refractivity contribution in [1.82, 2.24) is 19.7 Å². The third-order valence-corrected chi connectivity index (χ3v) is 7.75. The predicted molar refractivity (Wildman–Crippen MR) is 151 cm³/mol. The molecule has 13 heteroatoms. The summed E-state index contributed by atoms with van der Waals surface area (Å²) in [5.41, 5.74) is 9.49. The molecule has 212 valence electrons. The van der Waals surface area contributed by atoms with Crippen molar-refractivity contribution in [1.29, 1.82) is 0 Å². The number of rotatable bonds is 10. The van der Waals surface area contributed by atoms with Crippen LogP contribution >= 0.6 is 0 Å². The van der Waals surface area contributed by atoms with Crippen molar-refractivity contribution < 1.29 is 26.7 Å². The SMILES string of the molecule is Cc1cc2cc(C(=O)c3cnn(-c4cnc(Oc5ccc(F)cc5)cc4C)c3N)[nH]c2cc1NS(=O)(=O)CCCF. The van der Waals surface area contributed by atoms with E-state index in [2.05, 4.69) is 19.8 Å². The van der Waals surface area contributed by atoms with Gasteiger partial charge in [-0.25, -0.2) is 22.5 Å². The normalized spacial score (nSPS) is 11.6. The number of ether oxygens (including phenoxy) is 1. The number of aryl methyl sites for hydroxylation is 2. The Labute approximate surface area is 234 Å². The number of aromatic amines is 1. The summed E-state index contributed by atoms with van der Waals surface area (Å²) in [6, 6.07) is 12.2. The van der Waals surface area contributed by atoms with Crippen molar-refractivity contribution >= 4 is 38.2 Å². The molecule has 41 heavy (non-hydrogen) atoms. The van der Waals surface area contributed by atoms with Gasteiger partial charge in [-0.15, -0.1) is 0 Å². The average Bonchev–Trinajstić information content (AvgIpc) is 3.51. The summed E-state index contributed by atoms with van der Waals surface area (Å²) in [6.45, 7) is 2.81. The molecule has 0 amide bonds. The van der Waals surface area contributed by atoms with Gasteiger partial charge in [0.05, 0.1) is 47.5 Å². The molecule has 4 N–H and O–H groups in total. The van der Waals surface area contributed by atoms with Crippen molar-refractivity contribution in [3.05, 3.63) is 89.1 Å². The van der Waals surface area contributed by atoms with Crippen LogP contribution in [0.1, 0.15) is 33.6 Å². The number of nitrogens with two attached hydrogens (primary N) is 1. The monoisotopic (exact) mass is 580 g/mol. The van der Waals surface area contributed by atoms with Crippen molar-refractivity contribution in [2.45, 2.75) is 20.3 Å². The van der Waals surface area contributed by atoms with Gasteiger partial charge in [-0.05, 0) is 73.9 Å². The van der Waals surface area contributed by atoms with E-state index in [-0.39, 0.29) is 40.9 Å². The van der Waals surface area contributed by atoms with Gasteiger partial charge in [0, 0.05) is 17.0 Å². The molecule has 0 unspecified atom stereocenters. The summed E-state index contributed by atoms with van der Waals surface area (Å²) in [5, 5.41) is 4.99. The molecule has 5 rings (SSSR count). The maximum Gasteiger partial charge on any atom is 0.232 e. The third-order valence-electron chi connectivity index (χ3n) is 6.40. The van der Waals surface area contributed by atoms with E-state index in [1.165, 1.54) is 41.3 Å². The first-order valence-corrected chi connectivity index (χ1v) is 14.2. The lowest BCUT2D eigenvalue weighted by Gasteiger charge is -2.10. The van der Waals surface area contributed by atoms with Crippen LogP contribution in [0.3, 0.4) is 0 Å². The number of fused-ring (bicyclic) bond motifs is 1. The second-order valence-electron chi connectivity index (χ2n) is 9.45. The first-order valence-electron chi connectivity index (χ1n) is 12.5. The van der Waals surface area contributed by atoms with Crippen molar-refractivity contribution in [3.63, 3.8) is 0 Å². The van der Waals surface area contributed by atoms with Gasteiger partial charge in [0.1, 0.15) is 17.4 Å². The maximum atomic E-state index is 13.4. The van der Waals surface area contributed by atoms with Gasteiger partial charge in [0.2, 0.25) is 21.7 Å². The molecule has 0 atom stereocenters. The fraction of sp³-hybridized carbons (Fsp3) is 0.179. The molecule has 2 aromatic carbocycles. The third kappa shape index (κ3) is 5.89. The molecule has 3 aromatic heterocycles. The minimum atomic E-state index is -3.72. The highest BCUT2D eigenvalue weighted by Crippen LogP contribution is 2.29. The molecule has 0 bridgehead atoms. The summed E-state index contributed by atoms with van der Waals surface area (Å²) in [4.78, 5) is 20.7. The molecule has 0 aliphatic carbocycles. The Morgan fingerprint density at radius 2 is 1.85 bits per heavy atom. The van der Waals surface area contributed by atoms with Crippen LogP contribution in [0.5, 0.6) is 11.6 Å². The largest absolute Gasteiger partial charge is 0.439 e. The van der Waals surface area contributed by atoms with Gasteiger partial charge in [-0.2, -0.15) is 5.10 Å². The number of anilines is 2. The van der Waals surface area contributed by atoms with Crippen LogP contribution in [-0.2, 0) is 10.0 Å². The number of benzene rings is 2. The molecule has 0 saturated heterocycles. The van der Waals surface area contributed by atoms with E-state index < -0.39 is 22.5 Å². The zero-order valence-electron chi connectivity index (χ0n) is 22.1. The Morgan fingerprint density at radius 3 is 2.56 bits per heavy atom. The number of hydrogen-bond donors (Lipinski definition) is 3. The number of pyridine rings is 1. The molecule has 3 heterocycles. The van der Waals surface area contributed by atoms with Gasteiger partial charge in [0.25, 0.3) is 0 Å². The number of nitrogens with zero attached hydrogens (tertiary/aromatic N) is 3. The topological polar surface area (TPSA) is 145 Å². The van der Waals surface area contributed by atoms with Crippen LogP contribution in [0, 0.1) is 19.7 Å². The van der Waals surface area contributed by atoms with Crippen LogP contribution in [0.25, 0.3) is 16.6 Å². The van der Waals surface area contributed by atoms with Crippen LogP contribution in [0.2, 0.25) is 0 Å². The Kier molecular flexibility index (Phi) is 7.45. The lowest BCUT2D eigenvalue weighted by molar-refractivity contribution is 0.103. The Bertz CT molecular complexity index is 1870. The van der Waals surface area contributed by atoms with Crippen molar-refractivity contribution in [2.75, 3.05) is 22.9 Å². The highest BCUT2D eigenvalue weighted by Gasteiger charge is 2.21. The highest BCUT2D eigenvalue weighted by atomic mass is 32.2. The van der Waals surface area contributed by atoms with Gasteiger partial charge >= 0.3 is 0 Å². The molecular weight excluding hydrogens is 554 g/mol. The van der Waals surface area contributed by atoms with E-state index in [0.717, 1.165) is 0 Å². The summed E-state index contributed by atoms with van der Waals surface area (Å²) in [5.74, 6) is -0.308. The zero-order valence-corrected chi connectivity index (χ0v) is 22.9. The van der Waals surface area contributed by atoms with Crippen LogP contribution < -0.4 is 15.2 Å². The number of H-pyrrole nitrogens is 1. The van der Waals surface area contributed by atoms with E-state index in [9.17, 15) is 22.0 Å². The van der Waals surface area contributed by atoms with E-state index in [0.29, 0.717) is 39.2 Å². The molecule has 5 aromatic rings. The molecule has 10 nitrogen and oxygen atoms in total. The maximum absolute atomic E-state index is 13.4. The standard InChI is InChI=1S/C28H26F2N6O4S/c1-16-10-18-12-24(34-23(18)13-22(16)35-41(38,39)9-3-8-29)27(37)21-14-33-36(28(21)31)25-15-32-26(11-17(25)2)40-20-6-4-19(30)5-7-20/h4-7,10-15,34-35H,3,8-9,31H2,1-2H3. The van der Waals surface area contributed by atoms with E-state index >= 15 is 0 Å². The lowest BCUT2D eigenvalue weighted by atomic mass is 10.1. The number of halogens is 2. The lowest BCUT2D eigenvalue weighted by Crippen LogP contribution is -2.17. The molecule has 0 aliphatic heterocycles. The fourth-order valence-electron chi connectivity index (χ4n) is 4.28. The van der Waals surface area contributed by atoms with Crippen LogP contribution in [0.4, 0.5) is 20.3 Å². The summed E-state index contributed by atoms with van der Waals surface area (Å²) >= 11 is 0. The van der Waals surface area contributed by atoms with Gasteiger partial charge in [0.15, 0.2) is 0 Å². The van der Waals surface area contributed by atoms with Crippen LogP contribution in [-0.4, -0.2) is 46.4 Å². The molecular formula is C28H26F2N6O4S. The molecule has 0 aliphatic rings. The highest BCUT2D eigenvalue weighted by molar-refractivity contribution is 7.92. The minimum Gasteiger partial charge on any atom is -0.439 e. The molecule has 0 spiro atoms. The van der Waals surface area contributed by atoms with Gasteiger partial charge < -0.3 is 15.5 Å². The van der Waals surface area contributed by atoms with Crippen LogP contribution in [0.15, 0.2) is 60.9 Å². The molecule has 0 saturated carbocycles. The summed E-state index contributed by atoms with van der Waals surface area (Å²) < 4.78 is 59.7. The van der Waals surface area contributed by atoms with Crippen molar-refractivity contribution in [3.8, 4) is 17.3 Å². The van der Waals surface area contributed by atoms with Crippen molar-refractivity contribution in [2.24, 2.45) is 0 Å². The number of hydrogen-bond acceptors (Lipinski definition) is 7. The number of carbonyl (C=O) groups is 1. The number of sulfonamides is 1. The first kappa shape index (κ1) is 27.8. The van der Waals surface area contributed by atoms with Gasteiger partial charge in [-0.3, -0.25) is 13.9 Å².